The highest BCUT2D eigenvalue weighted by atomic mass is 79.9. The summed E-state index contributed by atoms with van der Waals surface area (Å²) >= 11 is 3.19. The van der Waals surface area contributed by atoms with E-state index in [1.165, 1.54) is 6.07 Å². The molecule has 116 valence electrons. The van der Waals surface area contributed by atoms with Crippen LogP contribution in [-0.4, -0.2) is 44.1 Å². The third kappa shape index (κ3) is 4.68. The highest BCUT2D eigenvalue weighted by Crippen LogP contribution is 2.22. The Balaban J connectivity index is 1.74. The van der Waals surface area contributed by atoms with E-state index in [-0.39, 0.29) is 24.7 Å². The normalized spacial score (nSPS) is 18.0. The van der Waals surface area contributed by atoms with E-state index in [0.29, 0.717) is 10.4 Å². The zero-order valence-electron chi connectivity index (χ0n) is 12.1. The molecule has 1 aliphatic rings. The molecule has 0 radical (unpaired) electrons. The molecule has 2 rings (SSSR count). The van der Waals surface area contributed by atoms with Crippen LogP contribution < -0.4 is 10.1 Å². The Morgan fingerprint density at radius 2 is 2.38 bits per heavy atom. The Kier molecular flexibility index (Phi) is 5.99. The average molecular weight is 359 g/mol. The summed E-state index contributed by atoms with van der Waals surface area (Å²) in [7, 11) is 1.92. The predicted octanol–water partition coefficient (Wildman–Crippen LogP) is 2.43. The lowest BCUT2D eigenvalue weighted by atomic mass is 10.1. The standard InChI is InChI=1S/C15H20BrFN2O2/c1-18-9-11-4-6-19(10-11)15(20)5-7-21-14-3-2-12(16)8-13(14)17/h2-3,8,11,18H,4-7,9-10H2,1H3. The molecule has 1 atom stereocenters. The van der Waals surface area contributed by atoms with Crippen LogP contribution in [0.3, 0.4) is 0 Å². The van der Waals surface area contributed by atoms with Gasteiger partial charge in [-0.25, -0.2) is 4.39 Å². The summed E-state index contributed by atoms with van der Waals surface area (Å²) in [6.07, 6.45) is 1.32. The Morgan fingerprint density at radius 3 is 3.10 bits per heavy atom. The van der Waals surface area contributed by atoms with Gasteiger partial charge in [-0.15, -0.1) is 0 Å². The summed E-state index contributed by atoms with van der Waals surface area (Å²) < 4.78 is 19.6. The first-order valence-electron chi connectivity index (χ1n) is 7.10. The number of amides is 1. The van der Waals surface area contributed by atoms with Gasteiger partial charge in [0.2, 0.25) is 5.91 Å². The van der Waals surface area contributed by atoms with Crippen LogP contribution in [0.2, 0.25) is 0 Å². The van der Waals surface area contributed by atoms with Gasteiger partial charge in [0, 0.05) is 17.6 Å². The maximum absolute atomic E-state index is 13.6. The van der Waals surface area contributed by atoms with Crippen molar-refractivity contribution < 1.29 is 13.9 Å². The molecule has 4 nitrogen and oxygen atoms in total. The predicted molar refractivity (Wildman–Crippen MR) is 82.8 cm³/mol. The SMILES string of the molecule is CNCC1CCN(C(=O)CCOc2ccc(Br)cc2F)C1. The topological polar surface area (TPSA) is 41.6 Å². The second kappa shape index (κ2) is 7.75. The fourth-order valence-corrected chi connectivity index (χ4v) is 2.85. The van der Waals surface area contributed by atoms with Crippen molar-refractivity contribution in [2.75, 3.05) is 33.3 Å². The van der Waals surface area contributed by atoms with Crippen molar-refractivity contribution in [3.05, 3.63) is 28.5 Å². The lowest BCUT2D eigenvalue weighted by Crippen LogP contribution is -2.31. The molecule has 0 spiro atoms. The number of ether oxygens (including phenoxy) is 1. The second-order valence-corrected chi connectivity index (χ2v) is 6.14. The molecule has 6 heteroatoms. The van der Waals surface area contributed by atoms with Gasteiger partial charge in [-0.05, 0) is 44.1 Å². The number of nitrogens with one attached hydrogen (secondary N) is 1. The monoisotopic (exact) mass is 358 g/mol. The average Bonchev–Trinajstić information content (AvgIpc) is 2.90. The highest BCUT2D eigenvalue weighted by molar-refractivity contribution is 9.10. The molecule has 1 saturated heterocycles. The Hall–Kier alpha value is -1.14. The van der Waals surface area contributed by atoms with Gasteiger partial charge in [-0.1, -0.05) is 15.9 Å². The van der Waals surface area contributed by atoms with E-state index in [1.807, 2.05) is 11.9 Å². The Bertz CT molecular complexity index is 499. The molecule has 1 fully saturated rings. The quantitative estimate of drug-likeness (QED) is 0.848. The molecule has 1 amide bonds. The molecule has 0 aromatic heterocycles. The van der Waals surface area contributed by atoms with Crippen molar-refractivity contribution in [2.45, 2.75) is 12.8 Å². The van der Waals surface area contributed by atoms with Gasteiger partial charge in [0.1, 0.15) is 0 Å². The van der Waals surface area contributed by atoms with Gasteiger partial charge in [0.05, 0.1) is 13.0 Å². The van der Waals surface area contributed by atoms with Crippen LogP contribution in [0.4, 0.5) is 4.39 Å². The first-order valence-corrected chi connectivity index (χ1v) is 7.89. The van der Waals surface area contributed by atoms with Crippen molar-refractivity contribution in [3.8, 4) is 5.75 Å². The molecule has 1 N–H and O–H groups in total. The number of likely N-dealkylation sites (tertiary alicyclic amines) is 1. The third-order valence-electron chi connectivity index (χ3n) is 3.60. The van der Waals surface area contributed by atoms with Gasteiger partial charge in [0.25, 0.3) is 0 Å². The Labute approximate surface area is 132 Å². The molecular formula is C15H20BrFN2O2. The molecule has 1 aliphatic heterocycles. The largest absolute Gasteiger partial charge is 0.490 e. The van der Waals surface area contributed by atoms with Crippen molar-refractivity contribution >= 4 is 21.8 Å². The second-order valence-electron chi connectivity index (χ2n) is 5.23. The fraction of sp³-hybridized carbons (Fsp3) is 0.533. The minimum atomic E-state index is -0.424. The van der Waals surface area contributed by atoms with Crippen molar-refractivity contribution in [2.24, 2.45) is 5.92 Å². The summed E-state index contributed by atoms with van der Waals surface area (Å²) in [5.74, 6) is 0.363. The van der Waals surface area contributed by atoms with Crippen molar-refractivity contribution in [3.63, 3.8) is 0 Å². The lowest BCUT2D eigenvalue weighted by molar-refractivity contribution is -0.130. The third-order valence-corrected chi connectivity index (χ3v) is 4.09. The highest BCUT2D eigenvalue weighted by Gasteiger charge is 2.25. The van der Waals surface area contributed by atoms with Gasteiger partial charge in [-0.3, -0.25) is 4.79 Å². The number of benzene rings is 1. The number of hydrogen-bond donors (Lipinski definition) is 1. The summed E-state index contributed by atoms with van der Waals surface area (Å²) in [5, 5.41) is 3.14. The first-order chi connectivity index (χ1) is 10.1. The molecule has 0 aliphatic carbocycles. The maximum Gasteiger partial charge on any atom is 0.226 e. The minimum absolute atomic E-state index is 0.0751. The maximum atomic E-state index is 13.6. The number of carbonyl (C=O) groups is 1. The number of hydrogen-bond acceptors (Lipinski definition) is 3. The van der Waals surface area contributed by atoms with Crippen LogP contribution in [-0.2, 0) is 4.79 Å². The lowest BCUT2D eigenvalue weighted by Gasteiger charge is -2.17. The molecule has 1 unspecified atom stereocenters. The van der Waals surface area contributed by atoms with Crippen LogP contribution >= 0.6 is 15.9 Å². The van der Waals surface area contributed by atoms with Crippen molar-refractivity contribution in [1.82, 2.24) is 10.2 Å². The molecule has 0 bridgehead atoms. The van der Waals surface area contributed by atoms with Crippen LogP contribution in [0.15, 0.2) is 22.7 Å². The smallest absolute Gasteiger partial charge is 0.226 e. The minimum Gasteiger partial charge on any atom is -0.490 e. The number of carbonyl (C=O) groups excluding carboxylic acids is 1. The number of halogens is 2. The zero-order chi connectivity index (χ0) is 15.2. The molecule has 21 heavy (non-hydrogen) atoms. The van der Waals surface area contributed by atoms with Crippen molar-refractivity contribution in [1.29, 1.82) is 0 Å². The van der Waals surface area contributed by atoms with Gasteiger partial charge < -0.3 is 15.0 Å². The molecule has 1 aromatic rings. The van der Waals surface area contributed by atoms with E-state index < -0.39 is 5.82 Å². The van der Waals surface area contributed by atoms with E-state index in [9.17, 15) is 9.18 Å². The van der Waals surface area contributed by atoms with Crippen LogP contribution in [0.25, 0.3) is 0 Å². The molecule has 1 heterocycles. The molecule has 0 saturated carbocycles. The van der Waals surface area contributed by atoms with Crippen LogP contribution in [0.1, 0.15) is 12.8 Å². The first kappa shape index (κ1) is 16.2. The summed E-state index contributed by atoms with van der Waals surface area (Å²) in [4.78, 5) is 13.9. The van der Waals surface area contributed by atoms with Gasteiger partial charge >= 0.3 is 0 Å². The van der Waals surface area contributed by atoms with Crippen LogP contribution in [0.5, 0.6) is 5.75 Å². The van der Waals surface area contributed by atoms with E-state index >= 15 is 0 Å². The van der Waals surface area contributed by atoms with Crippen LogP contribution in [0, 0.1) is 11.7 Å². The fourth-order valence-electron chi connectivity index (χ4n) is 2.51. The summed E-state index contributed by atoms with van der Waals surface area (Å²) in [6, 6.07) is 4.62. The van der Waals surface area contributed by atoms with E-state index in [2.05, 4.69) is 21.2 Å². The van der Waals surface area contributed by atoms with Gasteiger partial charge in [-0.2, -0.15) is 0 Å². The number of nitrogens with zero attached hydrogens (tertiary/aromatic N) is 1. The zero-order valence-corrected chi connectivity index (χ0v) is 13.7. The summed E-state index contributed by atoms with van der Waals surface area (Å²) in [5.41, 5.74) is 0. The molecular weight excluding hydrogens is 339 g/mol. The molecule has 1 aromatic carbocycles. The number of rotatable bonds is 6. The summed E-state index contributed by atoms with van der Waals surface area (Å²) in [6.45, 7) is 2.74. The Morgan fingerprint density at radius 1 is 1.57 bits per heavy atom. The van der Waals surface area contributed by atoms with E-state index in [1.54, 1.807) is 12.1 Å². The van der Waals surface area contributed by atoms with E-state index in [0.717, 1.165) is 26.1 Å². The van der Waals surface area contributed by atoms with Gasteiger partial charge in [0.15, 0.2) is 11.6 Å². The van der Waals surface area contributed by atoms with E-state index in [4.69, 9.17) is 4.74 Å².